The number of nitrogens with zero attached hydrogens (tertiary/aromatic N) is 2. The van der Waals surface area contributed by atoms with E-state index < -0.39 is 12.1 Å². The van der Waals surface area contributed by atoms with Crippen molar-refractivity contribution in [3.05, 3.63) is 18.3 Å². The number of aromatic nitrogens is 1. The maximum absolute atomic E-state index is 11.8. The highest BCUT2D eigenvalue weighted by atomic mass is 16.5. The average molecular weight is 293 g/mol. The molecule has 4 N–H and O–H groups in total. The van der Waals surface area contributed by atoms with Crippen LogP contribution < -0.4 is 21.3 Å². The summed E-state index contributed by atoms with van der Waals surface area (Å²) < 4.78 is 5.28. The first-order valence-electron chi connectivity index (χ1n) is 6.72. The maximum atomic E-state index is 11.8. The van der Waals surface area contributed by atoms with Crippen LogP contribution in [0.1, 0.15) is 6.92 Å². The first-order valence-corrected chi connectivity index (χ1v) is 6.72. The van der Waals surface area contributed by atoms with Gasteiger partial charge in [-0.3, -0.25) is 4.79 Å². The van der Waals surface area contributed by atoms with Gasteiger partial charge in [0.1, 0.15) is 11.9 Å². The average Bonchev–Trinajstić information content (AvgIpc) is 2.48. The zero-order valence-corrected chi connectivity index (χ0v) is 11.8. The van der Waals surface area contributed by atoms with E-state index in [1.54, 1.807) is 19.2 Å². The molecule has 1 fully saturated rings. The van der Waals surface area contributed by atoms with E-state index in [0.29, 0.717) is 18.9 Å². The number of carbonyl (C=O) groups is 2. The van der Waals surface area contributed by atoms with E-state index >= 15 is 0 Å². The Kier molecular flexibility index (Phi) is 4.94. The van der Waals surface area contributed by atoms with E-state index in [1.807, 2.05) is 6.07 Å². The molecule has 8 nitrogen and oxygen atoms in total. The fourth-order valence-corrected chi connectivity index (χ4v) is 1.97. The molecule has 0 radical (unpaired) electrons. The normalized spacial score (nSPS) is 16.1. The Bertz CT molecular complexity index is 499. The monoisotopic (exact) mass is 293 g/mol. The summed E-state index contributed by atoms with van der Waals surface area (Å²) in [6.07, 6.45) is 1.58. The van der Waals surface area contributed by atoms with Gasteiger partial charge in [0.05, 0.1) is 25.1 Å². The first-order chi connectivity index (χ1) is 10.1. The van der Waals surface area contributed by atoms with Crippen LogP contribution in [-0.2, 0) is 9.53 Å². The Morgan fingerprint density at radius 2 is 2.10 bits per heavy atom. The summed E-state index contributed by atoms with van der Waals surface area (Å²) in [5.41, 5.74) is 5.53. The fourth-order valence-electron chi connectivity index (χ4n) is 1.97. The van der Waals surface area contributed by atoms with Crippen molar-refractivity contribution in [1.29, 1.82) is 0 Å². The van der Waals surface area contributed by atoms with E-state index in [9.17, 15) is 9.59 Å². The smallest absolute Gasteiger partial charge is 0.312 e. The molecule has 8 heteroatoms. The SMILES string of the molecule is C[C@H](NC(N)=O)C(=O)Nc1ccc(N2CCOCC2)nc1. The lowest BCUT2D eigenvalue weighted by atomic mass is 10.3. The van der Waals surface area contributed by atoms with Crippen molar-refractivity contribution < 1.29 is 14.3 Å². The number of anilines is 2. The minimum absolute atomic E-state index is 0.352. The number of carbonyl (C=O) groups excluding carboxylic acids is 2. The molecule has 1 aliphatic rings. The number of hydrogen-bond donors (Lipinski definition) is 3. The lowest BCUT2D eigenvalue weighted by Crippen LogP contribution is -2.44. The molecular formula is C13H19N5O3. The lowest BCUT2D eigenvalue weighted by Gasteiger charge is -2.27. The standard InChI is InChI=1S/C13H19N5O3/c1-9(16-13(14)20)12(19)17-10-2-3-11(15-8-10)18-4-6-21-7-5-18/h2-3,8-9H,4-7H2,1H3,(H,17,19)(H3,14,16,20)/t9-/m0/s1. The van der Waals surface area contributed by atoms with Crippen LogP contribution in [0.3, 0.4) is 0 Å². The van der Waals surface area contributed by atoms with Gasteiger partial charge < -0.3 is 26.0 Å². The van der Waals surface area contributed by atoms with Gasteiger partial charge in [0, 0.05) is 13.1 Å². The summed E-state index contributed by atoms with van der Waals surface area (Å²) in [6, 6.07) is 2.17. The third kappa shape index (κ3) is 4.32. The van der Waals surface area contributed by atoms with Crippen molar-refractivity contribution in [1.82, 2.24) is 10.3 Å². The second-order valence-corrected chi connectivity index (χ2v) is 4.72. The van der Waals surface area contributed by atoms with Crippen LogP contribution in [0.15, 0.2) is 18.3 Å². The van der Waals surface area contributed by atoms with Gasteiger partial charge in [-0.25, -0.2) is 9.78 Å². The van der Waals surface area contributed by atoms with Crippen LogP contribution in [0.5, 0.6) is 0 Å². The lowest BCUT2D eigenvalue weighted by molar-refractivity contribution is -0.117. The molecule has 1 aliphatic heterocycles. The first kappa shape index (κ1) is 15.0. The molecule has 0 bridgehead atoms. The van der Waals surface area contributed by atoms with Crippen LogP contribution >= 0.6 is 0 Å². The van der Waals surface area contributed by atoms with Gasteiger partial charge in [-0.05, 0) is 19.1 Å². The van der Waals surface area contributed by atoms with Gasteiger partial charge in [-0.1, -0.05) is 0 Å². The predicted octanol–water partition coefficient (Wildman–Crippen LogP) is -0.0865. The summed E-state index contributed by atoms with van der Waals surface area (Å²) in [5, 5.41) is 4.97. The second-order valence-electron chi connectivity index (χ2n) is 4.72. The van der Waals surface area contributed by atoms with E-state index in [-0.39, 0.29) is 5.91 Å². The number of nitrogens with one attached hydrogen (secondary N) is 2. The van der Waals surface area contributed by atoms with Gasteiger partial charge in [-0.15, -0.1) is 0 Å². The number of hydrogen-bond acceptors (Lipinski definition) is 5. The minimum atomic E-state index is -0.738. The summed E-state index contributed by atoms with van der Waals surface area (Å²) >= 11 is 0. The van der Waals surface area contributed by atoms with E-state index in [1.165, 1.54) is 0 Å². The van der Waals surface area contributed by atoms with E-state index in [2.05, 4.69) is 20.5 Å². The molecule has 1 aromatic heterocycles. The van der Waals surface area contributed by atoms with Crippen LogP contribution in [0.25, 0.3) is 0 Å². The van der Waals surface area contributed by atoms with Crippen LogP contribution in [0, 0.1) is 0 Å². The fraction of sp³-hybridized carbons (Fsp3) is 0.462. The van der Waals surface area contributed by atoms with Gasteiger partial charge >= 0.3 is 6.03 Å². The summed E-state index contributed by atoms with van der Waals surface area (Å²) in [4.78, 5) is 28.9. The van der Waals surface area contributed by atoms with Crippen LogP contribution in [0.2, 0.25) is 0 Å². The van der Waals surface area contributed by atoms with E-state index in [4.69, 9.17) is 10.5 Å². The molecule has 2 heterocycles. The molecule has 0 saturated carbocycles. The van der Waals surface area contributed by atoms with Gasteiger partial charge in [0.15, 0.2) is 0 Å². The zero-order valence-electron chi connectivity index (χ0n) is 11.8. The van der Waals surface area contributed by atoms with Crippen LogP contribution in [-0.4, -0.2) is 49.3 Å². The molecule has 0 aliphatic carbocycles. The Morgan fingerprint density at radius 3 is 2.67 bits per heavy atom. The number of ether oxygens (including phenoxy) is 1. The highest BCUT2D eigenvalue weighted by Crippen LogP contribution is 2.15. The summed E-state index contributed by atoms with van der Waals surface area (Å²) in [7, 11) is 0. The largest absolute Gasteiger partial charge is 0.378 e. The predicted molar refractivity (Wildman–Crippen MR) is 78.1 cm³/mol. The highest BCUT2D eigenvalue weighted by Gasteiger charge is 2.15. The minimum Gasteiger partial charge on any atom is -0.378 e. The molecule has 0 spiro atoms. The number of morpholine rings is 1. The van der Waals surface area contributed by atoms with Crippen molar-refractivity contribution in [2.75, 3.05) is 36.5 Å². The topological polar surface area (TPSA) is 110 Å². The molecule has 3 amide bonds. The molecular weight excluding hydrogens is 274 g/mol. The zero-order chi connectivity index (χ0) is 15.2. The van der Waals surface area contributed by atoms with Crippen molar-refractivity contribution in [3.63, 3.8) is 0 Å². The van der Waals surface area contributed by atoms with Crippen molar-refractivity contribution in [3.8, 4) is 0 Å². The Morgan fingerprint density at radius 1 is 1.38 bits per heavy atom. The number of primary amides is 1. The Labute approximate surface area is 122 Å². The van der Waals surface area contributed by atoms with E-state index in [0.717, 1.165) is 18.9 Å². The third-order valence-corrected chi connectivity index (χ3v) is 3.10. The van der Waals surface area contributed by atoms with Gasteiger partial charge in [0.2, 0.25) is 5.91 Å². The van der Waals surface area contributed by atoms with Crippen molar-refractivity contribution in [2.24, 2.45) is 5.73 Å². The number of pyridine rings is 1. The van der Waals surface area contributed by atoms with Crippen molar-refractivity contribution >= 4 is 23.4 Å². The van der Waals surface area contributed by atoms with Gasteiger partial charge in [-0.2, -0.15) is 0 Å². The second kappa shape index (κ2) is 6.89. The highest BCUT2D eigenvalue weighted by molar-refractivity contribution is 5.96. The number of urea groups is 1. The third-order valence-electron chi connectivity index (χ3n) is 3.10. The molecule has 0 unspecified atom stereocenters. The Hall–Kier alpha value is -2.35. The number of nitrogens with two attached hydrogens (primary N) is 1. The van der Waals surface area contributed by atoms with Crippen LogP contribution in [0.4, 0.5) is 16.3 Å². The quantitative estimate of drug-likeness (QED) is 0.719. The Balaban J connectivity index is 1.92. The van der Waals surface area contributed by atoms with Crippen molar-refractivity contribution in [2.45, 2.75) is 13.0 Å². The summed E-state index contributed by atoms with van der Waals surface area (Å²) in [5.74, 6) is 0.495. The maximum Gasteiger partial charge on any atom is 0.312 e. The molecule has 114 valence electrons. The molecule has 0 aromatic carbocycles. The molecule has 1 aromatic rings. The summed E-state index contributed by atoms with van der Waals surface area (Å²) in [6.45, 7) is 4.54. The molecule has 21 heavy (non-hydrogen) atoms. The number of rotatable bonds is 4. The van der Waals surface area contributed by atoms with Gasteiger partial charge in [0.25, 0.3) is 0 Å². The molecule has 1 saturated heterocycles. The molecule has 2 rings (SSSR count). The molecule has 1 atom stereocenters. The number of amides is 3.